The second-order valence-electron chi connectivity index (χ2n) is 6.27. The molecule has 6 heteroatoms. The first-order valence-corrected chi connectivity index (χ1v) is 9.43. The molecule has 23 heavy (non-hydrogen) atoms. The maximum atomic E-state index is 12.7. The van der Waals surface area contributed by atoms with Crippen LogP contribution in [0.25, 0.3) is 0 Å². The summed E-state index contributed by atoms with van der Waals surface area (Å²) in [5, 5.41) is 3.41. The maximum Gasteiger partial charge on any atom is 0.245 e. The molecule has 0 bridgehead atoms. The van der Waals surface area contributed by atoms with Gasteiger partial charge in [-0.3, -0.25) is 9.59 Å². The number of unbranched alkanes of at least 4 members (excludes halogenated alkanes) is 2. The van der Waals surface area contributed by atoms with Crippen LogP contribution >= 0.6 is 11.3 Å². The van der Waals surface area contributed by atoms with Crippen LogP contribution in [0.2, 0.25) is 0 Å². The number of carbonyl (C=O) groups excluding carboxylic acids is 2. The highest BCUT2D eigenvalue weighted by molar-refractivity contribution is 7.15. The fraction of sp³-hybridized carbons (Fsp3) is 0.706. The first-order valence-electron chi connectivity index (χ1n) is 8.61. The predicted octanol–water partition coefficient (Wildman–Crippen LogP) is 3.60. The Kier molecular flexibility index (Phi) is 7.02. The Morgan fingerprint density at radius 1 is 1.35 bits per heavy atom. The molecular weight excluding hydrogens is 310 g/mol. The van der Waals surface area contributed by atoms with Crippen molar-refractivity contribution < 1.29 is 9.59 Å². The summed E-state index contributed by atoms with van der Waals surface area (Å²) in [6.07, 6.45) is 9.08. The van der Waals surface area contributed by atoms with E-state index in [4.69, 9.17) is 0 Å². The Bertz CT molecular complexity index is 524. The summed E-state index contributed by atoms with van der Waals surface area (Å²) in [6.45, 7) is 4.90. The van der Waals surface area contributed by atoms with E-state index in [1.165, 1.54) is 11.3 Å². The van der Waals surface area contributed by atoms with E-state index < -0.39 is 0 Å². The molecule has 1 aromatic heterocycles. The minimum atomic E-state index is -0.151. The number of thiazole rings is 1. The maximum absolute atomic E-state index is 12.7. The molecule has 0 atom stereocenters. The van der Waals surface area contributed by atoms with Crippen molar-refractivity contribution in [3.63, 3.8) is 0 Å². The Morgan fingerprint density at radius 2 is 2.09 bits per heavy atom. The zero-order valence-electron chi connectivity index (χ0n) is 14.1. The average Bonchev–Trinajstić information content (AvgIpc) is 3.17. The molecule has 1 heterocycles. The molecule has 1 fully saturated rings. The number of hydrogen-bond acceptors (Lipinski definition) is 4. The zero-order chi connectivity index (χ0) is 16.7. The van der Waals surface area contributed by atoms with E-state index in [2.05, 4.69) is 17.2 Å². The van der Waals surface area contributed by atoms with E-state index in [1.54, 1.807) is 11.1 Å². The predicted molar refractivity (Wildman–Crippen MR) is 93.5 cm³/mol. The van der Waals surface area contributed by atoms with Gasteiger partial charge in [-0.15, -0.1) is 11.3 Å². The highest BCUT2D eigenvalue weighted by Gasteiger charge is 2.28. The van der Waals surface area contributed by atoms with Crippen LogP contribution in [0.3, 0.4) is 0 Å². The fourth-order valence-corrected chi connectivity index (χ4v) is 3.68. The molecule has 0 saturated heterocycles. The second-order valence-corrected chi connectivity index (χ2v) is 7.51. The minimum absolute atomic E-state index is 0.117. The Balaban J connectivity index is 1.92. The van der Waals surface area contributed by atoms with E-state index in [0.717, 1.165) is 49.8 Å². The van der Waals surface area contributed by atoms with Crippen molar-refractivity contribution in [3.8, 4) is 0 Å². The Labute approximate surface area is 142 Å². The van der Waals surface area contributed by atoms with Gasteiger partial charge in [0, 0.05) is 23.5 Å². The van der Waals surface area contributed by atoms with E-state index in [1.807, 2.05) is 6.92 Å². The summed E-state index contributed by atoms with van der Waals surface area (Å²) in [5.41, 5.74) is 0. The van der Waals surface area contributed by atoms with Crippen LogP contribution in [0, 0.1) is 12.8 Å². The number of carbonyl (C=O) groups is 2. The largest absolute Gasteiger partial charge is 0.333 e. The number of aryl methyl sites for hydroxylation is 1. The molecule has 1 saturated carbocycles. The molecule has 0 spiro atoms. The van der Waals surface area contributed by atoms with E-state index in [0.29, 0.717) is 11.7 Å². The van der Waals surface area contributed by atoms with Gasteiger partial charge >= 0.3 is 0 Å². The van der Waals surface area contributed by atoms with Gasteiger partial charge in [0.1, 0.15) is 0 Å². The van der Waals surface area contributed by atoms with Crippen LogP contribution in [0.1, 0.15) is 56.7 Å². The van der Waals surface area contributed by atoms with Gasteiger partial charge in [-0.1, -0.05) is 32.6 Å². The standard InChI is InChI=1S/C17H27N3O2S/c1-3-4-7-10-20(16(22)14-8-5-6-9-14)12-15(21)19-17-18-11-13(2)23-17/h11,14H,3-10,12H2,1-2H3,(H,18,19,21). The highest BCUT2D eigenvalue weighted by atomic mass is 32.1. The number of nitrogens with one attached hydrogen (secondary N) is 1. The lowest BCUT2D eigenvalue weighted by Gasteiger charge is -2.25. The summed E-state index contributed by atoms with van der Waals surface area (Å²) in [4.78, 5) is 31.9. The summed E-state index contributed by atoms with van der Waals surface area (Å²) in [7, 11) is 0. The molecule has 5 nitrogen and oxygen atoms in total. The lowest BCUT2D eigenvalue weighted by Crippen LogP contribution is -2.41. The smallest absolute Gasteiger partial charge is 0.245 e. The van der Waals surface area contributed by atoms with Gasteiger partial charge in [0.2, 0.25) is 11.8 Å². The molecular formula is C17H27N3O2S. The molecule has 2 rings (SSSR count). The van der Waals surface area contributed by atoms with Gasteiger partial charge in [-0.05, 0) is 26.2 Å². The van der Waals surface area contributed by atoms with Crippen LogP contribution in [0.5, 0.6) is 0 Å². The molecule has 0 radical (unpaired) electrons. The Morgan fingerprint density at radius 3 is 2.70 bits per heavy atom. The SMILES string of the molecule is CCCCCN(CC(=O)Nc1ncc(C)s1)C(=O)C1CCCC1. The van der Waals surface area contributed by atoms with Crippen LogP contribution in [0.15, 0.2) is 6.20 Å². The second kappa shape index (κ2) is 9.01. The molecule has 2 amide bonds. The average molecular weight is 337 g/mol. The molecule has 128 valence electrons. The van der Waals surface area contributed by atoms with E-state index in [-0.39, 0.29) is 24.3 Å². The molecule has 0 aliphatic heterocycles. The monoisotopic (exact) mass is 337 g/mol. The fourth-order valence-electron chi connectivity index (χ4n) is 3.00. The van der Waals surface area contributed by atoms with Crippen LogP contribution in [0.4, 0.5) is 5.13 Å². The minimum Gasteiger partial charge on any atom is -0.333 e. The summed E-state index contributed by atoms with van der Waals surface area (Å²) < 4.78 is 0. The molecule has 1 aliphatic rings. The van der Waals surface area contributed by atoms with Crippen molar-refractivity contribution in [1.29, 1.82) is 0 Å². The number of rotatable bonds is 8. The topological polar surface area (TPSA) is 62.3 Å². The van der Waals surface area contributed by atoms with Gasteiger partial charge in [0.05, 0.1) is 6.54 Å². The van der Waals surface area contributed by atoms with Crippen molar-refractivity contribution in [2.45, 2.75) is 58.8 Å². The van der Waals surface area contributed by atoms with Crippen molar-refractivity contribution in [3.05, 3.63) is 11.1 Å². The third-order valence-corrected chi connectivity index (χ3v) is 5.08. The molecule has 1 aromatic rings. The van der Waals surface area contributed by atoms with Crippen LogP contribution in [-0.4, -0.2) is 34.8 Å². The quantitative estimate of drug-likeness (QED) is 0.737. The number of anilines is 1. The lowest BCUT2D eigenvalue weighted by atomic mass is 10.1. The molecule has 0 aromatic carbocycles. The van der Waals surface area contributed by atoms with Crippen molar-refractivity contribution in [2.75, 3.05) is 18.4 Å². The number of amides is 2. The summed E-state index contributed by atoms with van der Waals surface area (Å²) in [6, 6.07) is 0. The van der Waals surface area contributed by atoms with Crippen LogP contribution < -0.4 is 5.32 Å². The van der Waals surface area contributed by atoms with Crippen molar-refractivity contribution in [1.82, 2.24) is 9.88 Å². The third kappa shape index (κ3) is 5.61. The van der Waals surface area contributed by atoms with E-state index in [9.17, 15) is 9.59 Å². The number of aromatic nitrogens is 1. The van der Waals surface area contributed by atoms with Gasteiger partial charge in [0.15, 0.2) is 5.13 Å². The van der Waals surface area contributed by atoms with Gasteiger partial charge in [-0.25, -0.2) is 4.98 Å². The molecule has 1 aliphatic carbocycles. The summed E-state index contributed by atoms with van der Waals surface area (Å²) >= 11 is 1.45. The van der Waals surface area contributed by atoms with Crippen molar-refractivity contribution >= 4 is 28.3 Å². The normalized spacial score (nSPS) is 14.9. The first-order chi connectivity index (χ1) is 11.1. The number of nitrogens with zero attached hydrogens (tertiary/aromatic N) is 2. The van der Waals surface area contributed by atoms with Gasteiger partial charge in [0.25, 0.3) is 0 Å². The van der Waals surface area contributed by atoms with Gasteiger partial charge in [-0.2, -0.15) is 0 Å². The van der Waals surface area contributed by atoms with E-state index >= 15 is 0 Å². The van der Waals surface area contributed by atoms with Crippen molar-refractivity contribution in [2.24, 2.45) is 5.92 Å². The lowest BCUT2D eigenvalue weighted by molar-refractivity contribution is -0.138. The van der Waals surface area contributed by atoms with Crippen LogP contribution in [-0.2, 0) is 9.59 Å². The molecule has 1 N–H and O–H groups in total. The number of hydrogen-bond donors (Lipinski definition) is 1. The highest BCUT2D eigenvalue weighted by Crippen LogP contribution is 2.26. The third-order valence-electron chi connectivity index (χ3n) is 4.25. The molecule has 0 unspecified atom stereocenters. The van der Waals surface area contributed by atoms with Gasteiger partial charge < -0.3 is 10.2 Å². The first kappa shape index (κ1) is 17.9. The zero-order valence-corrected chi connectivity index (χ0v) is 15.0. The summed E-state index contributed by atoms with van der Waals surface area (Å²) in [5.74, 6) is 0.123. The Hall–Kier alpha value is -1.43.